The highest BCUT2D eigenvalue weighted by atomic mass is 16.5. The van der Waals surface area contributed by atoms with Crippen LogP contribution in [0.1, 0.15) is 52.4 Å². The average molecular weight is 370 g/mol. The molecule has 0 bridgehead atoms. The molecule has 3 rings (SSSR count). The van der Waals surface area contributed by atoms with E-state index >= 15 is 0 Å². The average Bonchev–Trinajstić information content (AvgIpc) is 2.90. The predicted octanol–water partition coefficient (Wildman–Crippen LogP) is 2.29. The third-order valence-corrected chi connectivity index (χ3v) is 4.83. The summed E-state index contributed by atoms with van der Waals surface area (Å²) in [6, 6.07) is 5.13. The molecule has 0 aliphatic heterocycles. The number of aryl methyl sites for hydroxylation is 1. The van der Waals surface area contributed by atoms with Gasteiger partial charge in [0.2, 0.25) is 0 Å². The molecule has 0 atom stereocenters. The molecule has 0 radical (unpaired) electrons. The van der Waals surface area contributed by atoms with Gasteiger partial charge in [-0.15, -0.1) is 0 Å². The van der Waals surface area contributed by atoms with Gasteiger partial charge in [-0.3, -0.25) is 9.59 Å². The molecule has 1 aromatic heterocycles. The Morgan fingerprint density at radius 2 is 2.11 bits per heavy atom. The largest absolute Gasteiger partial charge is 0.397 e. The number of ketones is 1. The molecule has 1 amide bonds. The molecule has 0 fully saturated rings. The SMILES string of the molecule is COCCNC(=O)c1ccc(-n2nc(C)c3c2CC(C)(C)CC3=O)c(N)c1. The van der Waals surface area contributed by atoms with Crippen molar-refractivity contribution in [2.75, 3.05) is 26.0 Å². The van der Waals surface area contributed by atoms with Crippen LogP contribution >= 0.6 is 0 Å². The number of rotatable bonds is 5. The topological polar surface area (TPSA) is 99.2 Å². The van der Waals surface area contributed by atoms with E-state index in [2.05, 4.69) is 24.3 Å². The summed E-state index contributed by atoms with van der Waals surface area (Å²) < 4.78 is 6.69. The third kappa shape index (κ3) is 3.73. The van der Waals surface area contributed by atoms with Crippen molar-refractivity contribution >= 4 is 17.4 Å². The number of amides is 1. The number of nitrogens with two attached hydrogens (primary N) is 1. The van der Waals surface area contributed by atoms with Crippen LogP contribution in [0.5, 0.6) is 0 Å². The lowest BCUT2D eigenvalue weighted by molar-refractivity contribution is 0.0908. The van der Waals surface area contributed by atoms with Gasteiger partial charge in [-0.1, -0.05) is 13.8 Å². The Morgan fingerprint density at radius 1 is 1.37 bits per heavy atom. The Balaban J connectivity index is 1.96. The summed E-state index contributed by atoms with van der Waals surface area (Å²) in [5, 5.41) is 7.34. The van der Waals surface area contributed by atoms with Crippen molar-refractivity contribution in [1.29, 1.82) is 0 Å². The van der Waals surface area contributed by atoms with Gasteiger partial charge in [-0.2, -0.15) is 5.10 Å². The summed E-state index contributed by atoms with van der Waals surface area (Å²) in [6.07, 6.45) is 1.26. The van der Waals surface area contributed by atoms with Crippen molar-refractivity contribution in [2.45, 2.75) is 33.6 Å². The molecule has 0 spiro atoms. The highest BCUT2D eigenvalue weighted by Crippen LogP contribution is 2.37. The van der Waals surface area contributed by atoms with Crippen LogP contribution in [0, 0.1) is 12.3 Å². The van der Waals surface area contributed by atoms with Crippen LogP contribution < -0.4 is 11.1 Å². The number of carbonyl (C=O) groups is 2. The molecule has 7 nitrogen and oxygen atoms in total. The second kappa shape index (κ2) is 7.15. The van der Waals surface area contributed by atoms with Crippen molar-refractivity contribution in [1.82, 2.24) is 15.1 Å². The maximum Gasteiger partial charge on any atom is 0.251 e. The molecule has 2 aromatic rings. The van der Waals surface area contributed by atoms with Gasteiger partial charge in [-0.05, 0) is 37.0 Å². The van der Waals surface area contributed by atoms with Gasteiger partial charge < -0.3 is 15.8 Å². The number of nitrogen functional groups attached to an aromatic ring is 1. The molecule has 1 aliphatic rings. The van der Waals surface area contributed by atoms with E-state index in [1.165, 1.54) is 0 Å². The van der Waals surface area contributed by atoms with Crippen LogP contribution in [0.4, 0.5) is 5.69 Å². The van der Waals surface area contributed by atoms with E-state index in [1.54, 1.807) is 30.0 Å². The van der Waals surface area contributed by atoms with E-state index in [0.717, 1.165) is 12.1 Å². The van der Waals surface area contributed by atoms with Crippen LogP contribution in [-0.2, 0) is 11.2 Å². The second-order valence-electron chi connectivity index (χ2n) is 7.78. The first kappa shape index (κ1) is 19.1. The molecule has 27 heavy (non-hydrogen) atoms. The van der Waals surface area contributed by atoms with Gasteiger partial charge in [0.15, 0.2) is 5.78 Å². The second-order valence-corrected chi connectivity index (χ2v) is 7.78. The van der Waals surface area contributed by atoms with Crippen LogP contribution in [0.15, 0.2) is 18.2 Å². The lowest BCUT2D eigenvalue weighted by atomic mass is 9.75. The van der Waals surface area contributed by atoms with E-state index in [4.69, 9.17) is 10.5 Å². The third-order valence-electron chi connectivity index (χ3n) is 4.83. The molecule has 0 unspecified atom stereocenters. The number of benzene rings is 1. The summed E-state index contributed by atoms with van der Waals surface area (Å²) in [5.41, 5.74) is 10.0. The molecule has 144 valence electrons. The maximum absolute atomic E-state index is 12.6. The number of anilines is 1. The van der Waals surface area contributed by atoms with E-state index in [-0.39, 0.29) is 17.1 Å². The number of hydrogen-bond donors (Lipinski definition) is 2. The fourth-order valence-corrected chi connectivity index (χ4v) is 3.60. The fourth-order valence-electron chi connectivity index (χ4n) is 3.60. The molecule has 1 aliphatic carbocycles. The standard InChI is InChI=1S/C20H26N4O3/c1-12-18-16(10-20(2,3)11-17(18)25)24(23-12)15-6-5-13(9-14(15)21)19(26)22-7-8-27-4/h5-6,9H,7-8,10-11,21H2,1-4H3,(H,22,26). The Labute approximate surface area is 158 Å². The zero-order valence-electron chi connectivity index (χ0n) is 16.3. The van der Waals surface area contributed by atoms with Crippen molar-refractivity contribution in [3.05, 3.63) is 40.7 Å². The van der Waals surface area contributed by atoms with E-state index in [1.807, 2.05) is 6.92 Å². The number of aromatic nitrogens is 2. The molecular formula is C20H26N4O3. The molecule has 1 heterocycles. The lowest BCUT2D eigenvalue weighted by Crippen LogP contribution is -2.28. The monoisotopic (exact) mass is 370 g/mol. The number of Topliss-reactive ketones (excluding diaryl/α,β-unsaturated/α-hetero) is 1. The minimum Gasteiger partial charge on any atom is -0.397 e. The Bertz CT molecular complexity index is 899. The summed E-state index contributed by atoms with van der Waals surface area (Å²) in [6.45, 7) is 6.88. The smallest absolute Gasteiger partial charge is 0.251 e. The van der Waals surface area contributed by atoms with Gasteiger partial charge in [0.1, 0.15) is 0 Å². The number of fused-ring (bicyclic) bond motifs is 1. The zero-order valence-corrected chi connectivity index (χ0v) is 16.3. The van der Waals surface area contributed by atoms with Crippen LogP contribution in [0.2, 0.25) is 0 Å². The molecule has 3 N–H and O–H groups in total. The Kier molecular flexibility index (Phi) is 5.06. The van der Waals surface area contributed by atoms with Gasteiger partial charge in [0.25, 0.3) is 5.91 Å². The Morgan fingerprint density at radius 3 is 2.78 bits per heavy atom. The van der Waals surface area contributed by atoms with E-state index in [0.29, 0.717) is 47.8 Å². The Hall–Kier alpha value is -2.67. The number of carbonyl (C=O) groups excluding carboxylic acids is 2. The van der Waals surface area contributed by atoms with Crippen LogP contribution in [-0.4, -0.2) is 41.7 Å². The first-order valence-electron chi connectivity index (χ1n) is 9.02. The van der Waals surface area contributed by atoms with Crippen molar-refractivity contribution < 1.29 is 14.3 Å². The number of hydrogen-bond acceptors (Lipinski definition) is 5. The number of nitrogens with one attached hydrogen (secondary N) is 1. The highest BCUT2D eigenvalue weighted by Gasteiger charge is 2.36. The molecule has 0 saturated carbocycles. The fraction of sp³-hybridized carbons (Fsp3) is 0.450. The van der Waals surface area contributed by atoms with Crippen molar-refractivity contribution in [3.63, 3.8) is 0 Å². The quantitative estimate of drug-likeness (QED) is 0.621. The van der Waals surface area contributed by atoms with Crippen molar-refractivity contribution in [2.24, 2.45) is 5.41 Å². The summed E-state index contributed by atoms with van der Waals surface area (Å²) in [4.78, 5) is 24.8. The number of methoxy groups -OCH3 is 1. The minimum absolute atomic E-state index is 0.121. The minimum atomic E-state index is -0.208. The van der Waals surface area contributed by atoms with Gasteiger partial charge >= 0.3 is 0 Å². The normalized spacial score (nSPS) is 15.5. The van der Waals surface area contributed by atoms with Gasteiger partial charge in [0.05, 0.1) is 34.9 Å². The van der Waals surface area contributed by atoms with Crippen molar-refractivity contribution in [3.8, 4) is 5.69 Å². The van der Waals surface area contributed by atoms with Gasteiger partial charge in [0, 0.05) is 25.6 Å². The zero-order chi connectivity index (χ0) is 19.8. The summed E-state index contributed by atoms with van der Waals surface area (Å²) in [7, 11) is 1.58. The maximum atomic E-state index is 12.6. The number of ether oxygens (including phenoxy) is 1. The summed E-state index contributed by atoms with van der Waals surface area (Å²) in [5.74, 6) is -0.0852. The first-order chi connectivity index (χ1) is 12.7. The lowest BCUT2D eigenvalue weighted by Gasteiger charge is -2.29. The van der Waals surface area contributed by atoms with E-state index in [9.17, 15) is 9.59 Å². The highest BCUT2D eigenvalue weighted by molar-refractivity contribution is 6.00. The first-order valence-corrected chi connectivity index (χ1v) is 9.02. The molecular weight excluding hydrogens is 344 g/mol. The number of nitrogens with zero attached hydrogens (tertiary/aromatic N) is 2. The van der Waals surface area contributed by atoms with Gasteiger partial charge in [-0.25, -0.2) is 4.68 Å². The predicted molar refractivity (Wildman–Crippen MR) is 103 cm³/mol. The molecule has 0 saturated heterocycles. The molecule has 1 aromatic carbocycles. The molecule has 7 heteroatoms. The van der Waals surface area contributed by atoms with Crippen LogP contribution in [0.3, 0.4) is 0 Å². The van der Waals surface area contributed by atoms with Crippen LogP contribution in [0.25, 0.3) is 5.69 Å². The summed E-state index contributed by atoms with van der Waals surface area (Å²) >= 11 is 0. The van der Waals surface area contributed by atoms with E-state index < -0.39 is 0 Å².